The molecular weight excluding hydrogens is 272 g/mol. The molecule has 0 spiro atoms. The Morgan fingerprint density at radius 2 is 2.40 bits per heavy atom. The van der Waals surface area contributed by atoms with Crippen LogP contribution in [0.2, 0.25) is 0 Å². The summed E-state index contributed by atoms with van der Waals surface area (Å²) in [5, 5.41) is 5.47. The summed E-state index contributed by atoms with van der Waals surface area (Å²) in [6, 6.07) is 4.05. The van der Waals surface area contributed by atoms with Crippen molar-refractivity contribution >= 4 is 17.2 Å². The second kappa shape index (κ2) is 5.84. The maximum Gasteiger partial charge on any atom is 0.241 e. The van der Waals surface area contributed by atoms with Crippen molar-refractivity contribution in [1.29, 1.82) is 0 Å². The van der Waals surface area contributed by atoms with Gasteiger partial charge in [-0.2, -0.15) is 0 Å². The molecule has 0 aromatic carbocycles. The Labute approximate surface area is 124 Å². The van der Waals surface area contributed by atoms with E-state index in [1.54, 1.807) is 11.3 Å². The number of nitrogens with zero attached hydrogens (tertiary/aromatic N) is 1. The number of amides is 1. The Morgan fingerprint density at radius 3 is 3.10 bits per heavy atom. The van der Waals surface area contributed by atoms with Crippen molar-refractivity contribution in [2.75, 3.05) is 13.2 Å². The number of thiophene rings is 1. The zero-order valence-corrected chi connectivity index (χ0v) is 12.9. The van der Waals surface area contributed by atoms with Crippen molar-refractivity contribution < 1.29 is 9.53 Å². The molecule has 110 valence electrons. The summed E-state index contributed by atoms with van der Waals surface area (Å²) < 4.78 is 5.76. The Kier molecular flexibility index (Phi) is 4.10. The Bertz CT molecular complexity index is 462. The van der Waals surface area contributed by atoms with Crippen LogP contribution in [0.25, 0.3) is 0 Å². The molecule has 0 aliphatic carbocycles. The average molecular weight is 294 g/mol. The molecule has 1 aromatic rings. The number of hydrogen-bond acceptors (Lipinski definition) is 4. The Hall–Kier alpha value is -0.910. The molecule has 2 saturated heterocycles. The zero-order chi connectivity index (χ0) is 14.1. The second-order valence-electron chi connectivity index (χ2n) is 5.66. The highest BCUT2D eigenvalue weighted by atomic mass is 32.1. The van der Waals surface area contributed by atoms with Crippen LogP contribution in [-0.4, -0.2) is 36.1 Å². The predicted octanol–water partition coefficient (Wildman–Crippen LogP) is 2.38. The van der Waals surface area contributed by atoms with Gasteiger partial charge in [0.05, 0.1) is 12.1 Å². The summed E-state index contributed by atoms with van der Waals surface area (Å²) in [5.41, 5.74) is 0. The molecule has 4 unspecified atom stereocenters. The Morgan fingerprint density at radius 1 is 1.55 bits per heavy atom. The molecule has 0 saturated carbocycles. The lowest BCUT2D eigenvalue weighted by Crippen LogP contribution is -2.37. The summed E-state index contributed by atoms with van der Waals surface area (Å²) in [7, 11) is 0. The fourth-order valence-electron chi connectivity index (χ4n) is 3.26. The van der Waals surface area contributed by atoms with Gasteiger partial charge in [0.1, 0.15) is 6.17 Å². The lowest BCUT2D eigenvalue weighted by molar-refractivity contribution is -0.130. The molecule has 0 radical (unpaired) electrons. The van der Waals surface area contributed by atoms with Gasteiger partial charge in [0.2, 0.25) is 5.91 Å². The minimum atomic E-state index is -0.0931. The monoisotopic (exact) mass is 294 g/mol. The largest absolute Gasteiger partial charge is 0.378 e. The molecule has 4 atom stereocenters. The van der Waals surface area contributed by atoms with Crippen molar-refractivity contribution in [2.45, 2.75) is 45.0 Å². The van der Waals surface area contributed by atoms with Crippen LogP contribution in [0.5, 0.6) is 0 Å². The van der Waals surface area contributed by atoms with E-state index in [2.05, 4.69) is 23.7 Å². The molecular formula is C15H22N2O2S. The van der Waals surface area contributed by atoms with E-state index in [0.29, 0.717) is 12.0 Å². The maximum atomic E-state index is 12.4. The first-order valence-electron chi connectivity index (χ1n) is 7.42. The van der Waals surface area contributed by atoms with Crippen LogP contribution in [0.15, 0.2) is 17.5 Å². The quantitative estimate of drug-likeness (QED) is 0.927. The number of carbonyl (C=O) groups is 1. The summed E-state index contributed by atoms with van der Waals surface area (Å²) in [6.45, 7) is 5.74. The smallest absolute Gasteiger partial charge is 0.241 e. The first-order valence-corrected chi connectivity index (χ1v) is 8.30. The van der Waals surface area contributed by atoms with Crippen LogP contribution in [0.3, 0.4) is 0 Å². The van der Waals surface area contributed by atoms with Crippen LogP contribution in [0, 0.1) is 5.92 Å². The minimum Gasteiger partial charge on any atom is -0.378 e. The van der Waals surface area contributed by atoms with Crippen molar-refractivity contribution in [1.82, 2.24) is 10.2 Å². The van der Waals surface area contributed by atoms with Crippen LogP contribution in [-0.2, 0) is 9.53 Å². The number of ether oxygens (including phenoxy) is 1. The van der Waals surface area contributed by atoms with Gasteiger partial charge in [-0.15, -0.1) is 11.3 Å². The molecule has 0 bridgehead atoms. The van der Waals surface area contributed by atoms with Crippen LogP contribution in [0.1, 0.15) is 37.7 Å². The van der Waals surface area contributed by atoms with Crippen LogP contribution < -0.4 is 5.32 Å². The van der Waals surface area contributed by atoms with E-state index < -0.39 is 0 Å². The van der Waals surface area contributed by atoms with E-state index >= 15 is 0 Å². The SMILES string of the molecule is CCC1OCCC1CN1C(=O)C(C)NC1c1cccs1. The number of nitrogens with one attached hydrogen (secondary N) is 1. The van der Waals surface area contributed by atoms with E-state index in [1.807, 2.05) is 17.9 Å². The van der Waals surface area contributed by atoms with Gasteiger partial charge in [0.15, 0.2) is 0 Å². The molecule has 4 nitrogen and oxygen atoms in total. The third-order valence-electron chi connectivity index (χ3n) is 4.37. The second-order valence-corrected chi connectivity index (χ2v) is 6.64. The maximum absolute atomic E-state index is 12.4. The van der Waals surface area contributed by atoms with Crippen molar-refractivity contribution in [3.8, 4) is 0 Å². The molecule has 1 aromatic heterocycles. The highest BCUT2D eigenvalue weighted by Crippen LogP contribution is 2.32. The fourth-order valence-corrected chi connectivity index (χ4v) is 4.05. The van der Waals surface area contributed by atoms with Crippen molar-refractivity contribution in [3.63, 3.8) is 0 Å². The normalized spacial score (nSPS) is 34.1. The van der Waals surface area contributed by atoms with Gasteiger partial charge in [-0.3, -0.25) is 10.1 Å². The first kappa shape index (κ1) is 14.0. The van der Waals surface area contributed by atoms with Gasteiger partial charge < -0.3 is 9.64 Å². The molecule has 5 heteroatoms. The summed E-state index contributed by atoms with van der Waals surface area (Å²) in [6.07, 6.45) is 2.44. The molecule has 20 heavy (non-hydrogen) atoms. The first-order chi connectivity index (χ1) is 9.70. The van der Waals surface area contributed by atoms with Crippen molar-refractivity contribution in [2.24, 2.45) is 5.92 Å². The third-order valence-corrected chi connectivity index (χ3v) is 5.29. The summed E-state index contributed by atoms with van der Waals surface area (Å²) >= 11 is 1.70. The highest BCUT2D eigenvalue weighted by molar-refractivity contribution is 7.10. The standard InChI is InChI=1S/C15H22N2O2S/c1-3-12-11(6-7-19-12)9-17-14(13-5-4-8-20-13)16-10(2)15(17)18/h4-5,8,10-12,14,16H,3,6-7,9H2,1-2H3. The number of hydrogen-bond donors (Lipinski definition) is 1. The van der Waals surface area contributed by atoms with Crippen molar-refractivity contribution in [3.05, 3.63) is 22.4 Å². The number of carbonyl (C=O) groups excluding carboxylic acids is 1. The van der Waals surface area contributed by atoms with Gasteiger partial charge in [0, 0.05) is 23.9 Å². The molecule has 2 aliphatic heterocycles. The number of rotatable bonds is 4. The van der Waals surface area contributed by atoms with Gasteiger partial charge >= 0.3 is 0 Å². The van der Waals surface area contributed by atoms with E-state index in [0.717, 1.165) is 26.0 Å². The zero-order valence-electron chi connectivity index (χ0n) is 12.0. The molecule has 3 heterocycles. The van der Waals surface area contributed by atoms with E-state index in [9.17, 15) is 4.79 Å². The van der Waals surface area contributed by atoms with E-state index in [4.69, 9.17) is 4.74 Å². The highest BCUT2D eigenvalue weighted by Gasteiger charge is 2.40. The van der Waals surface area contributed by atoms with Gasteiger partial charge in [-0.05, 0) is 31.2 Å². The van der Waals surface area contributed by atoms with E-state index in [1.165, 1.54) is 4.88 Å². The van der Waals surface area contributed by atoms with Crippen LogP contribution in [0.4, 0.5) is 0 Å². The summed E-state index contributed by atoms with van der Waals surface area (Å²) in [4.78, 5) is 15.7. The van der Waals surface area contributed by atoms with Crippen LogP contribution >= 0.6 is 11.3 Å². The molecule has 3 rings (SSSR count). The molecule has 2 fully saturated rings. The molecule has 2 aliphatic rings. The fraction of sp³-hybridized carbons (Fsp3) is 0.667. The molecule has 1 amide bonds. The lowest BCUT2D eigenvalue weighted by Gasteiger charge is -2.28. The average Bonchev–Trinajstić information content (AvgIpc) is 3.15. The Balaban J connectivity index is 1.76. The van der Waals surface area contributed by atoms with Gasteiger partial charge in [-0.1, -0.05) is 13.0 Å². The molecule has 1 N–H and O–H groups in total. The van der Waals surface area contributed by atoms with Gasteiger partial charge in [0.25, 0.3) is 0 Å². The minimum absolute atomic E-state index is 0.0376. The van der Waals surface area contributed by atoms with E-state index in [-0.39, 0.29) is 18.1 Å². The topological polar surface area (TPSA) is 41.6 Å². The third kappa shape index (κ3) is 2.50. The predicted molar refractivity (Wildman–Crippen MR) is 79.5 cm³/mol. The summed E-state index contributed by atoms with van der Waals surface area (Å²) in [5.74, 6) is 0.684. The van der Waals surface area contributed by atoms with Gasteiger partial charge in [-0.25, -0.2) is 0 Å². The lowest BCUT2D eigenvalue weighted by atomic mass is 9.98.